The van der Waals surface area contributed by atoms with Crippen LogP contribution in [0.4, 0.5) is 0 Å². The fraction of sp³-hybridized carbons (Fsp3) is 0.212. The largest absolute Gasteiger partial charge is 0.503 e. The van der Waals surface area contributed by atoms with Gasteiger partial charge in [-0.3, -0.25) is 8.97 Å². The van der Waals surface area contributed by atoms with Gasteiger partial charge >= 0.3 is 0 Å². The molecule has 0 unspecified atom stereocenters. The number of oxazole rings is 1. The van der Waals surface area contributed by atoms with E-state index in [-0.39, 0.29) is 31.9 Å². The van der Waals surface area contributed by atoms with Crippen molar-refractivity contribution in [3.8, 4) is 67.8 Å². The maximum absolute atomic E-state index is 6.79. The quantitative estimate of drug-likeness (QED) is 0.107. The van der Waals surface area contributed by atoms with E-state index in [1.807, 2.05) is 34.9 Å². The van der Waals surface area contributed by atoms with Gasteiger partial charge in [-0.25, -0.2) is 4.98 Å². The molecule has 4 heterocycles. The van der Waals surface area contributed by atoms with Gasteiger partial charge in [0.05, 0.1) is 17.6 Å². The second kappa shape index (κ2) is 17.7. The van der Waals surface area contributed by atoms with Gasteiger partial charge in [0.2, 0.25) is 5.71 Å². The van der Waals surface area contributed by atoms with Gasteiger partial charge in [0.15, 0.2) is 0 Å². The summed E-state index contributed by atoms with van der Waals surface area (Å²) in [4.78, 5) is 5.02. The fourth-order valence-electron chi connectivity index (χ4n) is 13.3. The van der Waals surface area contributed by atoms with Crippen LogP contribution in [0.1, 0.15) is 70.4 Å². The fourth-order valence-corrected chi connectivity index (χ4v) is 13.3. The Balaban J connectivity index is 0.00000516. The van der Waals surface area contributed by atoms with Crippen LogP contribution in [0.15, 0.2) is 187 Å². The monoisotopic (exact) mass is 1130 g/mol. The van der Waals surface area contributed by atoms with Crippen LogP contribution in [0.3, 0.4) is 0 Å². The first-order valence-electron chi connectivity index (χ1n) is 25.7. The van der Waals surface area contributed by atoms with E-state index in [0.717, 1.165) is 90.4 Å². The summed E-state index contributed by atoms with van der Waals surface area (Å²) in [6, 6.07) is 67.5. The summed E-state index contributed by atoms with van der Waals surface area (Å²) >= 11 is 0. The predicted molar refractivity (Wildman–Crippen MR) is 287 cm³/mol. The first kappa shape index (κ1) is 45.6. The maximum Gasteiger partial charge on any atom is 0.272 e. The van der Waals surface area contributed by atoms with Crippen LogP contribution >= 0.6 is 0 Å². The number of imidazole rings is 1. The van der Waals surface area contributed by atoms with E-state index < -0.39 is 0 Å². The molecule has 11 aromatic rings. The maximum atomic E-state index is 6.79. The molecule has 0 atom stereocenters. The van der Waals surface area contributed by atoms with Crippen molar-refractivity contribution in [3.05, 3.63) is 212 Å². The minimum absolute atomic E-state index is 0. The standard InChI is InChI=1S/C66H54N4O2.Pt/c1-65(2,3)50-29-30-67-61(36-50)70-58-28-25-51(66-38-43-31-44(39-66)33-45(32-43)40-66)35-57(58)56-27-26-53(37-59(56)70)72-52-22-13-21-49(34-52)60-41-71-64-62(48-19-11-6-12-20-48)69(42-68(60)64)63-54(46-15-7-4-8-16-46)23-14-24-55(63)47-17-9-5-10-18-47;/h4-30,35-36,41,43-45H,31-33,38-40H2,1-3H3;/q-2;. The van der Waals surface area contributed by atoms with Crippen molar-refractivity contribution >= 4 is 27.5 Å². The van der Waals surface area contributed by atoms with Crippen LogP contribution in [0.2, 0.25) is 0 Å². The van der Waals surface area contributed by atoms with Crippen LogP contribution < -0.4 is 9.30 Å². The zero-order valence-corrected chi connectivity index (χ0v) is 43.5. The molecule has 4 fully saturated rings. The molecule has 0 aliphatic heterocycles. The Morgan fingerprint density at radius 2 is 1.27 bits per heavy atom. The molecule has 4 bridgehead atoms. The van der Waals surface area contributed by atoms with Crippen molar-refractivity contribution in [2.75, 3.05) is 0 Å². The molecule has 73 heavy (non-hydrogen) atoms. The molecule has 4 aliphatic carbocycles. The van der Waals surface area contributed by atoms with Crippen molar-refractivity contribution < 1.29 is 34.8 Å². The van der Waals surface area contributed by atoms with E-state index in [2.05, 4.69) is 194 Å². The number of para-hydroxylation sites is 1. The molecule has 0 amide bonds. The van der Waals surface area contributed by atoms with Gasteiger partial charge in [-0.05, 0) is 130 Å². The van der Waals surface area contributed by atoms with Gasteiger partial charge in [-0.2, -0.15) is 6.07 Å². The van der Waals surface area contributed by atoms with Gasteiger partial charge in [0.25, 0.3) is 6.33 Å². The summed E-state index contributed by atoms with van der Waals surface area (Å²) in [5, 5.41) is 2.40. The van der Waals surface area contributed by atoms with E-state index in [4.69, 9.17) is 14.1 Å². The smallest absolute Gasteiger partial charge is 0.272 e. The molecule has 0 saturated heterocycles. The molecule has 15 rings (SSSR count). The first-order valence-corrected chi connectivity index (χ1v) is 25.7. The summed E-state index contributed by atoms with van der Waals surface area (Å²) in [5.74, 6) is 4.68. The van der Waals surface area contributed by atoms with Crippen molar-refractivity contribution in [1.82, 2.24) is 14.0 Å². The molecule has 0 N–H and O–H groups in total. The number of nitrogens with zero attached hydrogens (tertiary/aromatic N) is 4. The zero-order chi connectivity index (χ0) is 48.1. The Labute approximate surface area is 441 Å². The van der Waals surface area contributed by atoms with Crippen LogP contribution in [0, 0.1) is 36.2 Å². The molecular formula is C66H54N4O2Pt-2. The molecule has 4 aromatic heterocycles. The second-order valence-corrected chi connectivity index (χ2v) is 21.9. The van der Waals surface area contributed by atoms with Crippen molar-refractivity contribution in [2.45, 2.75) is 70.1 Å². The van der Waals surface area contributed by atoms with Gasteiger partial charge in [0.1, 0.15) is 11.5 Å². The number of pyridine rings is 1. The van der Waals surface area contributed by atoms with Crippen molar-refractivity contribution in [2.24, 2.45) is 17.8 Å². The number of ether oxygens (including phenoxy) is 1. The summed E-state index contributed by atoms with van der Waals surface area (Å²) < 4.78 is 19.9. The Morgan fingerprint density at radius 3 is 1.93 bits per heavy atom. The molecule has 4 saturated carbocycles. The van der Waals surface area contributed by atoms with Gasteiger partial charge in [-0.15, -0.1) is 35.7 Å². The molecule has 0 radical (unpaired) electrons. The number of benzene rings is 7. The van der Waals surface area contributed by atoms with E-state index in [9.17, 15) is 0 Å². The minimum Gasteiger partial charge on any atom is -0.503 e. The summed E-state index contributed by atoms with van der Waals surface area (Å²) in [7, 11) is 0. The molecule has 6 nitrogen and oxygen atoms in total. The summed E-state index contributed by atoms with van der Waals surface area (Å²) in [6.07, 6.45) is 15.8. The third-order valence-corrected chi connectivity index (χ3v) is 16.2. The van der Waals surface area contributed by atoms with Crippen LogP contribution in [-0.4, -0.2) is 14.0 Å². The minimum atomic E-state index is -0.0406. The number of fused-ring (bicyclic) bond motifs is 4. The third kappa shape index (κ3) is 7.80. The zero-order valence-electron chi connectivity index (χ0n) is 41.2. The second-order valence-electron chi connectivity index (χ2n) is 21.9. The molecule has 362 valence electrons. The topological polar surface area (TPSA) is 48.5 Å². The Bertz CT molecular complexity index is 3770. The van der Waals surface area contributed by atoms with Crippen LogP contribution in [-0.2, 0) is 31.9 Å². The van der Waals surface area contributed by atoms with E-state index >= 15 is 0 Å². The van der Waals surface area contributed by atoms with Gasteiger partial charge in [0, 0.05) is 44.3 Å². The van der Waals surface area contributed by atoms with Gasteiger partial charge < -0.3 is 13.7 Å². The van der Waals surface area contributed by atoms with Crippen LogP contribution in [0.25, 0.3) is 83.8 Å². The van der Waals surface area contributed by atoms with Gasteiger partial charge in [-0.1, -0.05) is 159 Å². The number of hydrogen-bond acceptors (Lipinski definition) is 3. The number of aromatic nitrogens is 4. The summed E-state index contributed by atoms with van der Waals surface area (Å²) in [5.41, 5.74) is 14.6. The molecule has 0 spiro atoms. The molecule has 7 aromatic carbocycles. The van der Waals surface area contributed by atoms with E-state index in [1.165, 1.54) is 55.0 Å². The molecule has 4 aliphatic rings. The average molecular weight is 1130 g/mol. The third-order valence-electron chi connectivity index (χ3n) is 16.2. The Kier molecular flexibility index (Phi) is 11.1. The SMILES string of the molecule is CC(C)(C)c1ccnc(-n2c3[c-]c(Oc4[c-]c(-c5coc6c(-c7ccccc7)[n+](-c7c(-c8ccccc8)cccc7-c7ccccc7)[c-]n56)ccc4)ccc3c3cc(C45CC6CC(CC(C6)C4)C5)ccc32)c1.[Pt]. The number of hydrogen-bond donors (Lipinski definition) is 0. The van der Waals surface area contributed by atoms with Crippen molar-refractivity contribution in [3.63, 3.8) is 0 Å². The Morgan fingerprint density at radius 1 is 0.644 bits per heavy atom. The Hall–Kier alpha value is -7.27. The first-order chi connectivity index (χ1) is 35.2. The normalized spacial score (nSPS) is 19.2. The molecular weight excluding hydrogens is 1080 g/mol. The van der Waals surface area contributed by atoms with Crippen molar-refractivity contribution in [1.29, 1.82) is 0 Å². The van der Waals surface area contributed by atoms with E-state index in [0.29, 0.717) is 17.2 Å². The predicted octanol–water partition coefficient (Wildman–Crippen LogP) is 15.9. The molecule has 7 heteroatoms. The summed E-state index contributed by atoms with van der Waals surface area (Å²) in [6.45, 7) is 6.77. The number of rotatable bonds is 9. The average Bonchev–Trinajstić information content (AvgIpc) is 4.09. The van der Waals surface area contributed by atoms with E-state index in [1.54, 1.807) is 6.26 Å². The van der Waals surface area contributed by atoms with Crippen LogP contribution in [0.5, 0.6) is 11.5 Å².